The summed E-state index contributed by atoms with van der Waals surface area (Å²) in [5.41, 5.74) is 0. The Balaban J connectivity index is 4.57. The number of hydrogen-bond donors (Lipinski definition) is 0. The Hall–Kier alpha value is -1.59. The van der Waals surface area contributed by atoms with Gasteiger partial charge >= 0.3 is 17.9 Å². The van der Waals surface area contributed by atoms with E-state index in [1.54, 1.807) is 0 Å². The summed E-state index contributed by atoms with van der Waals surface area (Å²) < 4.78 is 17.6. The van der Waals surface area contributed by atoms with E-state index in [1.165, 1.54) is 77.0 Å². The van der Waals surface area contributed by atoms with Gasteiger partial charge in [-0.1, -0.05) is 163 Å². The molecule has 0 aliphatic rings. The van der Waals surface area contributed by atoms with Crippen LogP contribution in [0.4, 0.5) is 0 Å². The molecule has 0 radical (unpaired) electrons. The summed E-state index contributed by atoms with van der Waals surface area (Å²) in [5.74, 6) is -0.398. The highest BCUT2D eigenvalue weighted by Crippen LogP contribution is 2.22. The maximum Gasteiger partial charge on any atom is 0.306 e. The molecule has 48 heavy (non-hydrogen) atoms. The zero-order chi connectivity index (χ0) is 35.3. The molecule has 2 unspecified atom stereocenters. The van der Waals surface area contributed by atoms with Crippen LogP contribution in [-0.2, 0) is 28.6 Å². The van der Waals surface area contributed by atoms with Crippen LogP contribution in [0.25, 0.3) is 0 Å². The number of carbonyl (C=O) groups is 3. The first kappa shape index (κ1) is 46.4. The van der Waals surface area contributed by atoms with Gasteiger partial charge in [-0.25, -0.2) is 0 Å². The molecule has 0 aliphatic carbocycles. The van der Waals surface area contributed by atoms with Gasteiger partial charge in [-0.2, -0.15) is 0 Å². The standard InChI is InChI=1S/C42H80O6/c1-5-9-13-15-17-18-19-20-25-31-37-46-40(43)34-30-24-21-23-29-33-39(48-42(45)36-27-12-8-4)38(32-28-22-16-14-10-6-2)47-41(44)35-26-11-7-3/h38-39H,5-37H2,1-4H3. The SMILES string of the molecule is CCCCCCCCCCCCOC(=O)CCCCCCCC(OC(=O)CCCCC)C(CCCCCCCC)OC(=O)CCCCC. The average molecular weight is 681 g/mol. The maximum absolute atomic E-state index is 12.8. The van der Waals surface area contributed by atoms with Crippen molar-refractivity contribution < 1.29 is 28.6 Å². The minimum Gasteiger partial charge on any atom is -0.466 e. The van der Waals surface area contributed by atoms with E-state index in [0.717, 1.165) is 103 Å². The van der Waals surface area contributed by atoms with Crippen molar-refractivity contribution in [2.45, 2.75) is 245 Å². The number of ether oxygens (including phenoxy) is 3. The van der Waals surface area contributed by atoms with Gasteiger partial charge in [0.15, 0.2) is 0 Å². The van der Waals surface area contributed by atoms with Crippen molar-refractivity contribution in [1.29, 1.82) is 0 Å². The molecule has 0 spiro atoms. The lowest BCUT2D eigenvalue weighted by Crippen LogP contribution is -2.35. The summed E-state index contributed by atoms with van der Waals surface area (Å²) >= 11 is 0. The highest BCUT2D eigenvalue weighted by Gasteiger charge is 2.28. The summed E-state index contributed by atoms with van der Waals surface area (Å²) in [5, 5.41) is 0. The molecule has 6 nitrogen and oxygen atoms in total. The minimum absolute atomic E-state index is 0.0701. The van der Waals surface area contributed by atoms with Gasteiger partial charge < -0.3 is 14.2 Å². The molecule has 0 rings (SSSR count). The third kappa shape index (κ3) is 31.7. The van der Waals surface area contributed by atoms with Crippen molar-refractivity contribution >= 4 is 17.9 Å². The van der Waals surface area contributed by atoms with Gasteiger partial charge in [0.05, 0.1) is 6.61 Å². The lowest BCUT2D eigenvalue weighted by molar-refractivity contribution is -0.169. The molecule has 0 N–H and O–H groups in total. The van der Waals surface area contributed by atoms with E-state index in [9.17, 15) is 14.4 Å². The fraction of sp³-hybridized carbons (Fsp3) is 0.929. The second kappa shape index (κ2) is 36.7. The predicted octanol–water partition coefficient (Wildman–Crippen LogP) is 12.9. The molecule has 0 aromatic rings. The molecule has 0 bridgehead atoms. The van der Waals surface area contributed by atoms with E-state index in [4.69, 9.17) is 14.2 Å². The summed E-state index contributed by atoms with van der Waals surface area (Å²) in [6.45, 7) is 9.30. The van der Waals surface area contributed by atoms with Gasteiger partial charge in [0.2, 0.25) is 0 Å². The number of esters is 3. The van der Waals surface area contributed by atoms with Crippen molar-refractivity contribution in [2.75, 3.05) is 6.61 Å². The summed E-state index contributed by atoms with van der Waals surface area (Å²) in [6.07, 6.45) is 32.4. The Kier molecular flexibility index (Phi) is 35.5. The van der Waals surface area contributed by atoms with Gasteiger partial charge in [0, 0.05) is 19.3 Å². The van der Waals surface area contributed by atoms with Crippen LogP contribution in [0, 0.1) is 0 Å². The van der Waals surface area contributed by atoms with Crippen LogP contribution in [-0.4, -0.2) is 36.7 Å². The molecule has 0 aromatic heterocycles. The van der Waals surface area contributed by atoms with E-state index in [-0.39, 0.29) is 30.1 Å². The van der Waals surface area contributed by atoms with Crippen LogP contribution in [0.15, 0.2) is 0 Å². The fourth-order valence-electron chi connectivity index (χ4n) is 6.25. The van der Waals surface area contributed by atoms with Gasteiger partial charge in [-0.3, -0.25) is 14.4 Å². The van der Waals surface area contributed by atoms with E-state index in [2.05, 4.69) is 27.7 Å². The number of rotatable bonds is 37. The zero-order valence-corrected chi connectivity index (χ0v) is 32.4. The molecule has 2 atom stereocenters. The third-order valence-corrected chi connectivity index (χ3v) is 9.42. The normalized spacial score (nSPS) is 12.5. The fourth-order valence-corrected chi connectivity index (χ4v) is 6.25. The first-order valence-corrected chi connectivity index (χ1v) is 21.0. The lowest BCUT2D eigenvalue weighted by atomic mass is 9.99. The highest BCUT2D eigenvalue weighted by molar-refractivity contribution is 5.70. The summed E-state index contributed by atoms with van der Waals surface area (Å²) in [4.78, 5) is 37.8. The van der Waals surface area contributed by atoms with Crippen LogP contribution in [0.1, 0.15) is 233 Å². The molecule has 0 fully saturated rings. The Bertz CT molecular complexity index is 723. The molecule has 0 heterocycles. The van der Waals surface area contributed by atoms with Gasteiger partial charge in [-0.15, -0.1) is 0 Å². The van der Waals surface area contributed by atoms with Crippen LogP contribution >= 0.6 is 0 Å². The van der Waals surface area contributed by atoms with Crippen molar-refractivity contribution in [3.8, 4) is 0 Å². The Morgan fingerprint density at radius 3 is 1.06 bits per heavy atom. The molecule has 0 aliphatic heterocycles. The molecule has 284 valence electrons. The Morgan fingerprint density at radius 2 is 0.646 bits per heavy atom. The molecule has 0 aromatic carbocycles. The number of hydrogen-bond acceptors (Lipinski definition) is 6. The van der Waals surface area contributed by atoms with Crippen molar-refractivity contribution in [3.05, 3.63) is 0 Å². The quantitative estimate of drug-likeness (QED) is 0.0369. The first-order chi connectivity index (χ1) is 23.5. The van der Waals surface area contributed by atoms with Crippen molar-refractivity contribution in [2.24, 2.45) is 0 Å². The van der Waals surface area contributed by atoms with Gasteiger partial charge in [0.25, 0.3) is 0 Å². The monoisotopic (exact) mass is 681 g/mol. The highest BCUT2D eigenvalue weighted by atomic mass is 16.6. The molecule has 0 saturated carbocycles. The van der Waals surface area contributed by atoms with Crippen LogP contribution in [0.2, 0.25) is 0 Å². The topological polar surface area (TPSA) is 78.9 Å². The number of unbranched alkanes of at least 4 members (excludes halogenated alkanes) is 22. The largest absolute Gasteiger partial charge is 0.466 e. The van der Waals surface area contributed by atoms with Crippen LogP contribution < -0.4 is 0 Å². The molecular weight excluding hydrogens is 600 g/mol. The first-order valence-electron chi connectivity index (χ1n) is 21.0. The number of carbonyl (C=O) groups excluding carboxylic acids is 3. The predicted molar refractivity (Wildman–Crippen MR) is 201 cm³/mol. The smallest absolute Gasteiger partial charge is 0.306 e. The second-order valence-electron chi connectivity index (χ2n) is 14.2. The lowest BCUT2D eigenvalue weighted by Gasteiger charge is -2.27. The molecular formula is C42H80O6. The van der Waals surface area contributed by atoms with E-state index >= 15 is 0 Å². The summed E-state index contributed by atoms with van der Waals surface area (Å²) in [7, 11) is 0. The van der Waals surface area contributed by atoms with E-state index < -0.39 is 0 Å². The van der Waals surface area contributed by atoms with E-state index in [0.29, 0.717) is 32.3 Å². The average Bonchev–Trinajstić information content (AvgIpc) is 3.07. The van der Waals surface area contributed by atoms with Crippen molar-refractivity contribution in [1.82, 2.24) is 0 Å². The molecule has 0 saturated heterocycles. The van der Waals surface area contributed by atoms with Gasteiger partial charge in [0.1, 0.15) is 12.2 Å². The van der Waals surface area contributed by atoms with Crippen LogP contribution in [0.3, 0.4) is 0 Å². The van der Waals surface area contributed by atoms with Crippen molar-refractivity contribution in [3.63, 3.8) is 0 Å². The Morgan fingerprint density at radius 1 is 0.354 bits per heavy atom. The second-order valence-corrected chi connectivity index (χ2v) is 14.2. The molecule has 0 amide bonds. The summed E-state index contributed by atoms with van der Waals surface area (Å²) in [6, 6.07) is 0. The molecule has 6 heteroatoms. The van der Waals surface area contributed by atoms with E-state index in [1.807, 2.05) is 0 Å². The van der Waals surface area contributed by atoms with Gasteiger partial charge in [-0.05, 0) is 51.4 Å². The minimum atomic E-state index is -0.384. The maximum atomic E-state index is 12.8. The zero-order valence-electron chi connectivity index (χ0n) is 32.4. The Labute approximate surface area is 298 Å². The van der Waals surface area contributed by atoms with Crippen LogP contribution in [0.5, 0.6) is 0 Å². The third-order valence-electron chi connectivity index (χ3n) is 9.42.